The molecule has 2 aromatic rings. The molecule has 0 radical (unpaired) electrons. The summed E-state index contributed by atoms with van der Waals surface area (Å²) in [5.41, 5.74) is 3.96. The molecule has 2 aliphatic heterocycles. The van der Waals surface area contributed by atoms with Gasteiger partial charge in [-0.15, -0.1) is 0 Å². The zero-order valence-corrected chi connectivity index (χ0v) is 15.5. The van der Waals surface area contributed by atoms with Crippen LogP contribution in [0, 0.1) is 12.8 Å². The van der Waals surface area contributed by atoms with Gasteiger partial charge in [0, 0.05) is 38.8 Å². The first-order valence-corrected chi connectivity index (χ1v) is 9.71. The van der Waals surface area contributed by atoms with Crippen molar-refractivity contribution < 1.29 is 4.79 Å². The SMILES string of the molecule is Cc1ccnc(N2CCC(CC(=O)N3CCc4ccccc4C3)CC2)c1. The molecule has 1 saturated heterocycles. The molecule has 1 amide bonds. The molecular weight excluding hydrogens is 322 g/mol. The number of hydrogen-bond donors (Lipinski definition) is 0. The van der Waals surface area contributed by atoms with Crippen LogP contribution in [-0.2, 0) is 17.8 Å². The van der Waals surface area contributed by atoms with E-state index in [0.717, 1.165) is 51.3 Å². The number of aryl methyl sites for hydroxylation is 1. The summed E-state index contributed by atoms with van der Waals surface area (Å²) >= 11 is 0. The molecule has 0 saturated carbocycles. The number of fused-ring (bicyclic) bond motifs is 1. The van der Waals surface area contributed by atoms with E-state index in [4.69, 9.17) is 0 Å². The number of rotatable bonds is 3. The summed E-state index contributed by atoms with van der Waals surface area (Å²) < 4.78 is 0. The van der Waals surface area contributed by atoms with Crippen LogP contribution in [-0.4, -0.2) is 35.4 Å². The van der Waals surface area contributed by atoms with E-state index < -0.39 is 0 Å². The van der Waals surface area contributed by atoms with Gasteiger partial charge < -0.3 is 9.80 Å². The molecule has 0 bridgehead atoms. The third-order valence-corrected chi connectivity index (χ3v) is 5.79. The van der Waals surface area contributed by atoms with Crippen LogP contribution in [0.1, 0.15) is 36.0 Å². The van der Waals surface area contributed by atoms with E-state index in [1.165, 1.54) is 16.7 Å². The lowest BCUT2D eigenvalue weighted by Gasteiger charge is -2.34. The second kappa shape index (κ2) is 7.48. The van der Waals surface area contributed by atoms with E-state index in [1.807, 2.05) is 12.3 Å². The quantitative estimate of drug-likeness (QED) is 0.850. The molecule has 4 nitrogen and oxygen atoms in total. The molecule has 0 N–H and O–H groups in total. The van der Waals surface area contributed by atoms with Gasteiger partial charge in [-0.1, -0.05) is 24.3 Å². The maximum atomic E-state index is 12.8. The monoisotopic (exact) mass is 349 g/mol. The van der Waals surface area contributed by atoms with E-state index >= 15 is 0 Å². The zero-order valence-electron chi connectivity index (χ0n) is 15.5. The Morgan fingerprint density at radius 3 is 2.65 bits per heavy atom. The summed E-state index contributed by atoms with van der Waals surface area (Å²) in [5.74, 6) is 1.90. The molecule has 0 aliphatic carbocycles. The van der Waals surface area contributed by atoms with Crippen LogP contribution in [0.15, 0.2) is 42.6 Å². The Bertz CT molecular complexity index is 780. The fourth-order valence-electron chi connectivity index (χ4n) is 4.14. The maximum absolute atomic E-state index is 12.8. The molecule has 136 valence electrons. The predicted molar refractivity (Wildman–Crippen MR) is 104 cm³/mol. The van der Waals surface area contributed by atoms with Gasteiger partial charge in [0.15, 0.2) is 0 Å². The number of carbonyl (C=O) groups excluding carboxylic acids is 1. The number of amides is 1. The lowest BCUT2D eigenvalue weighted by molar-refractivity contribution is -0.133. The third-order valence-electron chi connectivity index (χ3n) is 5.79. The molecule has 4 rings (SSSR count). The standard InChI is InChI=1S/C22H27N3O/c1-17-6-10-23-21(14-17)24-11-7-18(8-12-24)15-22(26)25-13-9-19-4-2-3-5-20(19)16-25/h2-6,10,14,18H,7-9,11-13,15-16H2,1H3. The van der Waals surface area contributed by atoms with Crippen LogP contribution < -0.4 is 4.90 Å². The molecular formula is C22H27N3O. The molecule has 0 spiro atoms. The Balaban J connectivity index is 1.30. The van der Waals surface area contributed by atoms with E-state index in [2.05, 4.69) is 52.0 Å². The highest BCUT2D eigenvalue weighted by molar-refractivity contribution is 5.76. The van der Waals surface area contributed by atoms with E-state index in [-0.39, 0.29) is 0 Å². The fraction of sp³-hybridized carbons (Fsp3) is 0.455. The van der Waals surface area contributed by atoms with Gasteiger partial charge in [-0.3, -0.25) is 4.79 Å². The first-order valence-electron chi connectivity index (χ1n) is 9.71. The minimum absolute atomic E-state index is 0.326. The van der Waals surface area contributed by atoms with Crippen molar-refractivity contribution in [3.63, 3.8) is 0 Å². The van der Waals surface area contributed by atoms with Gasteiger partial charge in [0.2, 0.25) is 5.91 Å². The Morgan fingerprint density at radius 2 is 1.88 bits per heavy atom. The van der Waals surface area contributed by atoms with Gasteiger partial charge in [-0.2, -0.15) is 0 Å². The van der Waals surface area contributed by atoms with Gasteiger partial charge in [0.05, 0.1) is 0 Å². The van der Waals surface area contributed by atoms with Crippen LogP contribution in [0.4, 0.5) is 5.82 Å². The first-order chi connectivity index (χ1) is 12.7. The van der Waals surface area contributed by atoms with Crippen LogP contribution in [0.3, 0.4) is 0 Å². The average molecular weight is 349 g/mol. The van der Waals surface area contributed by atoms with Gasteiger partial charge >= 0.3 is 0 Å². The largest absolute Gasteiger partial charge is 0.357 e. The molecule has 1 aromatic heterocycles. The summed E-state index contributed by atoms with van der Waals surface area (Å²) in [6.07, 6.45) is 5.71. The molecule has 26 heavy (non-hydrogen) atoms. The third kappa shape index (κ3) is 3.74. The molecule has 0 unspecified atom stereocenters. The molecule has 4 heteroatoms. The zero-order chi connectivity index (χ0) is 17.9. The van der Waals surface area contributed by atoms with Crippen molar-refractivity contribution in [1.82, 2.24) is 9.88 Å². The first kappa shape index (κ1) is 17.1. The van der Waals surface area contributed by atoms with Gasteiger partial charge in [-0.25, -0.2) is 4.98 Å². The lowest BCUT2D eigenvalue weighted by atomic mass is 9.92. The number of pyridine rings is 1. The molecule has 2 aliphatic rings. The number of anilines is 1. The summed E-state index contributed by atoms with van der Waals surface area (Å²) in [6, 6.07) is 12.7. The highest BCUT2D eigenvalue weighted by atomic mass is 16.2. The van der Waals surface area contributed by atoms with E-state index in [9.17, 15) is 4.79 Å². The summed E-state index contributed by atoms with van der Waals surface area (Å²) in [5, 5.41) is 0. The Labute approximate surface area is 155 Å². The Morgan fingerprint density at radius 1 is 1.12 bits per heavy atom. The summed E-state index contributed by atoms with van der Waals surface area (Å²) in [4.78, 5) is 21.7. The lowest BCUT2D eigenvalue weighted by Crippen LogP contribution is -2.39. The number of hydrogen-bond acceptors (Lipinski definition) is 3. The molecule has 3 heterocycles. The summed E-state index contributed by atoms with van der Waals surface area (Å²) in [7, 11) is 0. The molecule has 1 fully saturated rings. The van der Waals surface area contributed by atoms with Crippen molar-refractivity contribution in [3.05, 3.63) is 59.3 Å². The number of benzene rings is 1. The maximum Gasteiger partial charge on any atom is 0.223 e. The van der Waals surface area contributed by atoms with Crippen LogP contribution >= 0.6 is 0 Å². The normalized spacial score (nSPS) is 17.9. The van der Waals surface area contributed by atoms with Gasteiger partial charge in [0.1, 0.15) is 5.82 Å². The Hall–Kier alpha value is -2.36. The minimum Gasteiger partial charge on any atom is -0.357 e. The summed E-state index contributed by atoms with van der Waals surface area (Å²) in [6.45, 7) is 5.74. The van der Waals surface area contributed by atoms with E-state index in [1.54, 1.807) is 0 Å². The van der Waals surface area contributed by atoms with Gasteiger partial charge in [-0.05, 0) is 60.9 Å². The van der Waals surface area contributed by atoms with Crippen LogP contribution in [0.5, 0.6) is 0 Å². The van der Waals surface area contributed by atoms with Crippen molar-refractivity contribution in [3.8, 4) is 0 Å². The van der Waals surface area contributed by atoms with Crippen molar-refractivity contribution in [1.29, 1.82) is 0 Å². The number of piperidine rings is 1. The van der Waals surface area contributed by atoms with E-state index in [0.29, 0.717) is 18.2 Å². The smallest absolute Gasteiger partial charge is 0.223 e. The van der Waals surface area contributed by atoms with Crippen molar-refractivity contribution in [2.75, 3.05) is 24.5 Å². The van der Waals surface area contributed by atoms with Crippen molar-refractivity contribution in [2.45, 2.75) is 39.2 Å². The highest BCUT2D eigenvalue weighted by Gasteiger charge is 2.26. The second-order valence-corrected chi connectivity index (χ2v) is 7.66. The number of aromatic nitrogens is 1. The molecule has 0 atom stereocenters. The fourth-order valence-corrected chi connectivity index (χ4v) is 4.14. The van der Waals surface area contributed by atoms with Crippen LogP contribution in [0.25, 0.3) is 0 Å². The van der Waals surface area contributed by atoms with Crippen LogP contribution in [0.2, 0.25) is 0 Å². The Kier molecular flexibility index (Phi) is 4.91. The van der Waals surface area contributed by atoms with Gasteiger partial charge in [0.25, 0.3) is 0 Å². The minimum atomic E-state index is 0.326. The highest BCUT2D eigenvalue weighted by Crippen LogP contribution is 2.26. The topological polar surface area (TPSA) is 36.4 Å². The number of carbonyl (C=O) groups is 1. The number of nitrogens with zero attached hydrogens (tertiary/aromatic N) is 3. The van der Waals surface area contributed by atoms with Crippen molar-refractivity contribution >= 4 is 11.7 Å². The second-order valence-electron chi connectivity index (χ2n) is 7.66. The molecule has 1 aromatic carbocycles. The van der Waals surface area contributed by atoms with Crippen molar-refractivity contribution in [2.24, 2.45) is 5.92 Å². The average Bonchev–Trinajstić information content (AvgIpc) is 2.68. The predicted octanol–water partition coefficient (Wildman–Crippen LogP) is 3.58.